The SMILES string of the molecule is CCCc1ccc(-c2ccc(C3CCC(CC)CC3)cc2C#N)c(OC)c1F. The van der Waals surface area contributed by atoms with Gasteiger partial charge in [0.05, 0.1) is 18.7 Å². The second-order valence-electron chi connectivity index (χ2n) is 7.91. The molecule has 0 atom stereocenters. The minimum absolute atomic E-state index is 0.235. The van der Waals surface area contributed by atoms with Crippen molar-refractivity contribution in [1.82, 2.24) is 0 Å². The molecule has 2 aromatic rings. The van der Waals surface area contributed by atoms with Crippen LogP contribution in [-0.4, -0.2) is 7.11 Å². The van der Waals surface area contributed by atoms with Gasteiger partial charge >= 0.3 is 0 Å². The Morgan fingerprint density at radius 2 is 1.79 bits per heavy atom. The van der Waals surface area contributed by atoms with Gasteiger partial charge in [-0.1, -0.05) is 51.0 Å². The van der Waals surface area contributed by atoms with Crippen LogP contribution in [0.3, 0.4) is 0 Å². The Morgan fingerprint density at radius 1 is 1.07 bits per heavy atom. The molecule has 0 aromatic heterocycles. The van der Waals surface area contributed by atoms with Gasteiger partial charge in [-0.05, 0) is 61.1 Å². The van der Waals surface area contributed by atoms with E-state index in [1.807, 2.05) is 31.2 Å². The van der Waals surface area contributed by atoms with E-state index in [0.29, 0.717) is 29.0 Å². The van der Waals surface area contributed by atoms with Crippen LogP contribution >= 0.6 is 0 Å². The van der Waals surface area contributed by atoms with E-state index < -0.39 is 0 Å². The first kappa shape index (κ1) is 20.4. The van der Waals surface area contributed by atoms with Crippen molar-refractivity contribution >= 4 is 0 Å². The van der Waals surface area contributed by atoms with Crippen LogP contribution in [0.1, 0.15) is 75.0 Å². The summed E-state index contributed by atoms with van der Waals surface area (Å²) in [6.07, 6.45) is 7.71. The third kappa shape index (κ3) is 4.07. The Labute approximate surface area is 168 Å². The highest BCUT2D eigenvalue weighted by atomic mass is 19.1. The summed E-state index contributed by atoms with van der Waals surface area (Å²) in [6.45, 7) is 4.30. The molecule has 0 spiro atoms. The van der Waals surface area contributed by atoms with Crippen LogP contribution in [-0.2, 0) is 6.42 Å². The summed E-state index contributed by atoms with van der Waals surface area (Å²) >= 11 is 0. The molecule has 148 valence electrons. The molecule has 0 saturated heterocycles. The van der Waals surface area contributed by atoms with Crippen molar-refractivity contribution in [3.8, 4) is 22.9 Å². The van der Waals surface area contributed by atoms with Gasteiger partial charge in [-0.25, -0.2) is 4.39 Å². The predicted octanol–water partition coefficient (Wildman–Crippen LogP) is 7.01. The number of ether oxygens (including phenoxy) is 1. The lowest BCUT2D eigenvalue weighted by molar-refractivity contribution is 0.319. The van der Waals surface area contributed by atoms with Crippen LogP contribution in [0.15, 0.2) is 30.3 Å². The summed E-state index contributed by atoms with van der Waals surface area (Å²) in [4.78, 5) is 0. The molecule has 28 heavy (non-hydrogen) atoms. The number of nitriles is 1. The Kier molecular flexibility index (Phi) is 6.73. The lowest BCUT2D eigenvalue weighted by Crippen LogP contribution is -2.12. The van der Waals surface area contributed by atoms with E-state index in [1.165, 1.54) is 44.8 Å². The average Bonchev–Trinajstić information content (AvgIpc) is 2.74. The van der Waals surface area contributed by atoms with Gasteiger partial charge in [0.25, 0.3) is 0 Å². The molecule has 0 N–H and O–H groups in total. The molecule has 1 aliphatic carbocycles. The Balaban J connectivity index is 1.96. The first-order valence-electron chi connectivity index (χ1n) is 10.5. The number of benzene rings is 2. The number of rotatable bonds is 6. The number of hydrogen-bond acceptors (Lipinski definition) is 2. The van der Waals surface area contributed by atoms with E-state index >= 15 is 0 Å². The summed E-state index contributed by atoms with van der Waals surface area (Å²) in [6, 6.07) is 12.1. The highest BCUT2D eigenvalue weighted by Gasteiger charge is 2.23. The molecule has 0 heterocycles. The molecule has 0 unspecified atom stereocenters. The van der Waals surface area contributed by atoms with Gasteiger partial charge in [0, 0.05) is 11.1 Å². The second-order valence-corrected chi connectivity index (χ2v) is 7.91. The average molecular weight is 380 g/mol. The summed E-state index contributed by atoms with van der Waals surface area (Å²) in [5.74, 6) is 1.29. The van der Waals surface area contributed by atoms with E-state index in [-0.39, 0.29) is 11.6 Å². The fourth-order valence-corrected chi connectivity index (χ4v) is 4.52. The van der Waals surface area contributed by atoms with Crippen LogP contribution in [0.4, 0.5) is 4.39 Å². The van der Waals surface area contributed by atoms with Crippen LogP contribution in [0.5, 0.6) is 5.75 Å². The number of halogens is 1. The lowest BCUT2D eigenvalue weighted by Gasteiger charge is -2.28. The highest BCUT2D eigenvalue weighted by Crippen LogP contribution is 2.40. The number of methoxy groups -OCH3 is 1. The first-order chi connectivity index (χ1) is 13.6. The second kappa shape index (κ2) is 9.24. The van der Waals surface area contributed by atoms with E-state index in [4.69, 9.17) is 4.74 Å². The number of nitrogens with zero attached hydrogens (tertiary/aromatic N) is 1. The maximum Gasteiger partial charge on any atom is 0.168 e. The standard InChI is InChI=1S/C25H30FNO/c1-4-6-19-11-14-23(25(28-3)24(19)26)22-13-12-20(15-21(22)16-27)18-9-7-17(5-2)8-10-18/h11-15,17-18H,4-10H2,1-3H3. The topological polar surface area (TPSA) is 33.0 Å². The molecule has 0 bridgehead atoms. The van der Waals surface area contributed by atoms with Crippen LogP contribution < -0.4 is 4.74 Å². The van der Waals surface area contributed by atoms with E-state index in [2.05, 4.69) is 19.1 Å². The van der Waals surface area contributed by atoms with Crippen LogP contribution in [0.25, 0.3) is 11.1 Å². The van der Waals surface area contributed by atoms with Crippen molar-refractivity contribution in [2.45, 2.75) is 64.7 Å². The van der Waals surface area contributed by atoms with Gasteiger partial charge < -0.3 is 4.74 Å². The smallest absolute Gasteiger partial charge is 0.168 e. The van der Waals surface area contributed by atoms with E-state index in [1.54, 1.807) is 0 Å². The highest BCUT2D eigenvalue weighted by molar-refractivity contribution is 5.77. The summed E-state index contributed by atoms with van der Waals surface area (Å²) in [5.41, 5.74) is 3.88. The molecule has 2 nitrogen and oxygen atoms in total. The minimum Gasteiger partial charge on any atom is -0.493 e. The zero-order chi connectivity index (χ0) is 20.1. The zero-order valence-corrected chi connectivity index (χ0v) is 17.2. The van der Waals surface area contributed by atoms with Gasteiger partial charge in [-0.15, -0.1) is 0 Å². The Morgan fingerprint density at radius 3 is 2.39 bits per heavy atom. The molecule has 0 aliphatic heterocycles. The zero-order valence-electron chi connectivity index (χ0n) is 17.2. The van der Waals surface area contributed by atoms with Gasteiger partial charge in [0.15, 0.2) is 11.6 Å². The van der Waals surface area contributed by atoms with Crippen molar-refractivity contribution in [1.29, 1.82) is 5.26 Å². The van der Waals surface area contributed by atoms with Crippen LogP contribution in [0.2, 0.25) is 0 Å². The molecular weight excluding hydrogens is 349 g/mol. The van der Waals surface area contributed by atoms with Gasteiger partial charge in [0.1, 0.15) is 0 Å². The van der Waals surface area contributed by atoms with Gasteiger partial charge in [-0.3, -0.25) is 0 Å². The Bertz CT molecular complexity index is 860. The third-order valence-electron chi connectivity index (χ3n) is 6.25. The van der Waals surface area contributed by atoms with Crippen molar-refractivity contribution < 1.29 is 9.13 Å². The normalized spacial score (nSPS) is 19.2. The predicted molar refractivity (Wildman–Crippen MR) is 112 cm³/mol. The molecule has 2 aromatic carbocycles. The van der Waals surface area contributed by atoms with Gasteiger partial charge in [-0.2, -0.15) is 5.26 Å². The maximum atomic E-state index is 14.9. The van der Waals surface area contributed by atoms with Crippen molar-refractivity contribution in [3.05, 3.63) is 52.8 Å². The molecule has 3 heteroatoms. The molecule has 3 rings (SSSR count). The fraction of sp³-hybridized carbons (Fsp3) is 0.480. The van der Waals surface area contributed by atoms with Crippen LogP contribution in [0, 0.1) is 23.1 Å². The summed E-state index contributed by atoms with van der Waals surface area (Å²) in [7, 11) is 1.49. The van der Waals surface area contributed by atoms with E-state index in [9.17, 15) is 9.65 Å². The van der Waals surface area contributed by atoms with Gasteiger partial charge in [0.2, 0.25) is 0 Å². The van der Waals surface area contributed by atoms with Crippen molar-refractivity contribution in [3.63, 3.8) is 0 Å². The molecule has 0 radical (unpaired) electrons. The molecule has 1 fully saturated rings. The third-order valence-corrected chi connectivity index (χ3v) is 6.25. The number of hydrogen-bond donors (Lipinski definition) is 0. The minimum atomic E-state index is -0.312. The molecular formula is C25H30FNO. The molecule has 0 amide bonds. The quantitative estimate of drug-likeness (QED) is 0.541. The number of aryl methyl sites for hydroxylation is 1. The van der Waals surface area contributed by atoms with Crippen molar-refractivity contribution in [2.75, 3.05) is 7.11 Å². The van der Waals surface area contributed by atoms with E-state index in [0.717, 1.165) is 17.9 Å². The monoisotopic (exact) mass is 379 g/mol. The first-order valence-corrected chi connectivity index (χ1v) is 10.5. The lowest BCUT2D eigenvalue weighted by atomic mass is 9.77. The maximum absolute atomic E-state index is 14.9. The fourth-order valence-electron chi connectivity index (χ4n) is 4.52. The summed E-state index contributed by atoms with van der Waals surface area (Å²) < 4.78 is 20.3. The molecule has 1 aliphatic rings. The molecule has 1 saturated carbocycles. The van der Waals surface area contributed by atoms with Crippen molar-refractivity contribution in [2.24, 2.45) is 5.92 Å². The summed E-state index contributed by atoms with van der Waals surface area (Å²) in [5, 5.41) is 9.77. The largest absolute Gasteiger partial charge is 0.493 e. The Hall–Kier alpha value is -2.34.